The highest BCUT2D eigenvalue weighted by Crippen LogP contribution is 2.19. The first-order valence-corrected chi connectivity index (χ1v) is 7.02. The van der Waals surface area contributed by atoms with Gasteiger partial charge in [0.1, 0.15) is 5.75 Å². The minimum absolute atomic E-state index is 0.0794. The molecule has 110 valence electrons. The van der Waals surface area contributed by atoms with Gasteiger partial charge in [-0.2, -0.15) is 0 Å². The van der Waals surface area contributed by atoms with E-state index >= 15 is 0 Å². The predicted molar refractivity (Wildman–Crippen MR) is 77.0 cm³/mol. The standard InChI is InChI=1S/C15H22N2O3/c1-3-20-14-6-11(5-4-10(14)2)15(19)17-8-12-7-16-9-13(12)18/h4-6,12-13,16,18H,3,7-9H2,1-2H3,(H,17,19). The van der Waals surface area contributed by atoms with Crippen LogP contribution in [-0.2, 0) is 0 Å². The fraction of sp³-hybridized carbons (Fsp3) is 0.533. The van der Waals surface area contributed by atoms with E-state index in [1.165, 1.54) is 0 Å². The molecule has 2 rings (SSSR count). The number of hydrogen-bond donors (Lipinski definition) is 3. The molecule has 1 aromatic rings. The van der Waals surface area contributed by atoms with Crippen LogP contribution in [0.1, 0.15) is 22.8 Å². The van der Waals surface area contributed by atoms with Crippen LogP contribution in [-0.4, -0.2) is 43.4 Å². The van der Waals surface area contributed by atoms with E-state index in [0.29, 0.717) is 25.3 Å². The summed E-state index contributed by atoms with van der Waals surface area (Å²) in [5.41, 5.74) is 1.60. The second-order valence-corrected chi connectivity index (χ2v) is 5.11. The molecule has 1 aliphatic heterocycles. The number of amides is 1. The molecule has 20 heavy (non-hydrogen) atoms. The summed E-state index contributed by atoms with van der Waals surface area (Å²) >= 11 is 0. The number of carbonyl (C=O) groups is 1. The number of ether oxygens (including phenoxy) is 1. The van der Waals surface area contributed by atoms with Crippen LogP contribution in [0.4, 0.5) is 0 Å². The number of rotatable bonds is 5. The Morgan fingerprint density at radius 2 is 2.30 bits per heavy atom. The molecule has 0 aromatic heterocycles. The van der Waals surface area contributed by atoms with Gasteiger partial charge in [-0.1, -0.05) is 6.07 Å². The summed E-state index contributed by atoms with van der Waals surface area (Å²) in [5, 5.41) is 15.7. The van der Waals surface area contributed by atoms with Gasteiger partial charge in [0, 0.05) is 31.1 Å². The van der Waals surface area contributed by atoms with Gasteiger partial charge in [0.05, 0.1) is 12.7 Å². The molecule has 1 saturated heterocycles. The smallest absolute Gasteiger partial charge is 0.251 e. The molecule has 5 nitrogen and oxygen atoms in total. The fourth-order valence-electron chi connectivity index (χ4n) is 2.31. The summed E-state index contributed by atoms with van der Waals surface area (Å²) in [6.07, 6.45) is -0.382. The number of β-amino-alcohol motifs (C(OH)–C–C–N with tert-alkyl or cyclic N) is 1. The van der Waals surface area contributed by atoms with Crippen LogP contribution in [0, 0.1) is 12.8 Å². The zero-order valence-corrected chi connectivity index (χ0v) is 12.0. The van der Waals surface area contributed by atoms with Crippen molar-refractivity contribution in [1.29, 1.82) is 0 Å². The fourth-order valence-corrected chi connectivity index (χ4v) is 2.31. The molecule has 1 amide bonds. The summed E-state index contributed by atoms with van der Waals surface area (Å²) in [7, 11) is 0. The average Bonchev–Trinajstić information content (AvgIpc) is 2.84. The molecule has 1 heterocycles. The monoisotopic (exact) mass is 278 g/mol. The lowest BCUT2D eigenvalue weighted by molar-refractivity contribution is 0.0926. The van der Waals surface area contributed by atoms with Gasteiger partial charge >= 0.3 is 0 Å². The lowest BCUT2D eigenvalue weighted by atomic mass is 10.1. The van der Waals surface area contributed by atoms with Crippen LogP contribution < -0.4 is 15.4 Å². The summed E-state index contributed by atoms with van der Waals surface area (Å²) in [6.45, 7) is 6.25. The van der Waals surface area contributed by atoms with Gasteiger partial charge in [0.25, 0.3) is 5.91 Å². The Bertz CT molecular complexity index is 476. The van der Waals surface area contributed by atoms with Crippen molar-refractivity contribution in [2.75, 3.05) is 26.2 Å². The van der Waals surface area contributed by atoms with Gasteiger partial charge in [0.2, 0.25) is 0 Å². The van der Waals surface area contributed by atoms with Crippen LogP contribution in [0.3, 0.4) is 0 Å². The van der Waals surface area contributed by atoms with E-state index in [1.807, 2.05) is 19.9 Å². The third-order valence-electron chi connectivity index (χ3n) is 3.58. The van der Waals surface area contributed by atoms with Crippen molar-refractivity contribution in [2.45, 2.75) is 20.0 Å². The van der Waals surface area contributed by atoms with E-state index in [1.54, 1.807) is 12.1 Å². The molecule has 0 bridgehead atoms. The molecule has 1 aromatic carbocycles. The van der Waals surface area contributed by atoms with Crippen molar-refractivity contribution in [3.63, 3.8) is 0 Å². The van der Waals surface area contributed by atoms with E-state index in [-0.39, 0.29) is 17.9 Å². The van der Waals surface area contributed by atoms with Crippen molar-refractivity contribution in [3.05, 3.63) is 29.3 Å². The lowest BCUT2D eigenvalue weighted by Crippen LogP contribution is -2.34. The van der Waals surface area contributed by atoms with Gasteiger partial charge in [-0.05, 0) is 31.5 Å². The second kappa shape index (κ2) is 6.72. The van der Waals surface area contributed by atoms with E-state index in [2.05, 4.69) is 10.6 Å². The number of aliphatic hydroxyl groups excluding tert-OH is 1. The number of aliphatic hydroxyl groups is 1. The molecular formula is C15H22N2O3. The molecule has 2 atom stereocenters. The second-order valence-electron chi connectivity index (χ2n) is 5.11. The normalized spacial score (nSPS) is 21.8. The van der Waals surface area contributed by atoms with E-state index in [4.69, 9.17) is 4.74 Å². The first-order chi connectivity index (χ1) is 9.61. The Morgan fingerprint density at radius 3 is 2.95 bits per heavy atom. The SMILES string of the molecule is CCOc1cc(C(=O)NCC2CNCC2O)ccc1C. The first-order valence-electron chi connectivity index (χ1n) is 7.02. The molecule has 0 aliphatic carbocycles. The Kier molecular flexibility index (Phi) is 4.98. The van der Waals surface area contributed by atoms with E-state index in [0.717, 1.165) is 17.9 Å². The maximum atomic E-state index is 12.1. The van der Waals surface area contributed by atoms with Gasteiger partial charge in [-0.3, -0.25) is 4.79 Å². The van der Waals surface area contributed by atoms with Gasteiger partial charge < -0.3 is 20.5 Å². The summed E-state index contributed by atoms with van der Waals surface area (Å²) in [4.78, 5) is 12.1. The number of aryl methyl sites for hydroxylation is 1. The molecule has 1 fully saturated rings. The Labute approximate surface area is 119 Å². The maximum absolute atomic E-state index is 12.1. The molecule has 5 heteroatoms. The Hall–Kier alpha value is -1.59. The molecule has 2 unspecified atom stereocenters. The number of nitrogens with one attached hydrogen (secondary N) is 2. The molecule has 0 saturated carbocycles. The zero-order valence-electron chi connectivity index (χ0n) is 12.0. The highest BCUT2D eigenvalue weighted by Gasteiger charge is 2.25. The zero-order chi connectivity index (χ0) is 14.5. The summed E-state index contributed by atoms with van der Waals surface area (Å²) in [6, 6.07) is 5.43. The van der Waals surface area contributed by atoms with Gasteiger partial charge in [0.15, 0.2) is 0 Å². The lowest BCUT2D eigenvalue weighted by Gasteiger charge is -2.15. The van der Waals surface area contributed by atoms with Crippen molar-refractivity contribution in [3.8, 4) is 5.75 Å². The number of benzene rings is 1. The van der Waals surface area contributed by atoms with Gasteiger partial charge in [-0.15, -0.1) is 0 Å². The quantitative estimate of drug-likeness (QED) is 0.741. The highest BCUT2D eigenvalue weighted by atomic mass is 16.5. The van der Waals surface area contributed by atoms with Crippen LogP contribution in [0.5, 0.6) is 5.75 Å². The molecular weight excluding hydrogens is 256 g/mol. The van der Waals surface area contributed by atoms with Crippen molar-refractivity contribution in [1.82, 2.24) is 10.6 Å². The van der Waals surface area contributed by atoms with Crippen molar-refractivity contribution < 1.29 is 14.6 Å². The average molecular weight is 278 g/mol. The van der Waals surface area contributed by atoms with Crippen LogP contribution in [0.2, 0.25) is 0 Å². The largest absolute Gasteiger partial charge is 0.494 e. The minimum Gasteiger partial charge on any atom is -0.494 e. The minimum atomic E-state index is -0.382. The van der Waals surface area contributed by atoms with Crippen LogP contribution in [0.25, 0.3) is 0 Å². The van der Waals surface area contributed by atoms with Gasteiger partial charge in [-0.25, -0.2) is 0 Å². The number of carbonyl (C=O) groups excluding carboxylic acids is 1. The highest BCUT2D eigenvalue weighted by molar-refractivity contribution is 5.94. The predicted octanol–water partition coefficient (Wildman–Crippen LogP) is 0.704. The summed E-state index contributed by atoms with van der Waals surface area (Å²) < 4.78 is 5.49. The maximum Gasteiger partial charge on any atom is 0.251 e. The van der Waals surface area contributed by atoms with E-state index in [9.17, 15) is 9.90 Å². The van der Waals surface area contributed by atoms with Crippen molar-refractivity contribution >= 4 is 5.91 Å². The third-order valence-corrected chi connectivity index (χ3v) is 3.58. The number of hydrogen-bond acceptors (Lipinski definition) is 4. The molecule has 0 radical (unpaired) electrons. The third kappa shape index (κ3) is 3.49. The van der Waals surface area contributed by atoms with Crippen molar-refractivity contribution in [2.24, 2.45) is 5.92 Å². The summed E-state index contributed by atoms with van der Waals surface area (Å²) in [5.74, 6) is 0.684. The van der Waals surface area contributed by atoms with E-state index < -0.39 is 0 Å². The van der Waals surface area contributed by atoms with Crippen LogP contribution >= 0.6 is 0 Å². The topological polar surface area (TPSA) is 70.6 Å². The van der Waals surface area contributed by atoms with Crippen LogP contribution in [0.15, 0.2) is 18.2 Å². The molecule has 1 aliphatic rings. The first kappa shape index (κ1) is 14.8. The molecule has 0 spiro atoms. The Morgan fingerprint density at radius 1 is 1.50 bits per heavy atom. The Balaban J connectivity index is 1.96. The molecule has 3 N–H and O–H groups in total.